The Labute approximate surface area is 141 Å². The van der Waals surface area contributed by atoms with Crippen LogP contribution in [-0.2, 0) is 11.2 Å². The molecule has 0 spiro atoms. The van der Waals surface area contributed by atoms with Gasteiger partial charge in [0.05, 0.1) is 6.54 Å². The van der Waals surface area contributed by atoms with Gasteiger partial charge in [-0.25, -0.2) is 4.39 Å². The molecular formula is C18H21FN4O. The lowest BCUT2D eigenvalue weighted by Crippen LogP contribution is -2.42. The molecule has 0 aliphatic carbocycles. The SMILES string of the molecule is CN=C(NCCc1cccc(F)c1)NCC(=O)Nc1ccccc1. The van der Waals surface area contributed by atoms with Crippen LogP contribution in [0.1, 0.15) is 5.56 Å². The van der Waals surface area contributed by atoms with Gasteiger partial charge in [0.2, 0.25) is 5.91 Å². The number of carbonyl (C=O) groups excluding carboxylic acids is 1. The minimum Gasteiger partial charge on any atom is -0.356 e. The van der Waals surface area contributed by atoms with E-state index in [1.165, 1.54) is 12.1 Å². The molecule has 0 saturated carbocycles. The average Bonchev–Trinajstić information content (AvgIpc) is 2.59. The highest BCUT2D eigenvalue weighted by molar-refractivity contribution is 5.94. The molecule has 0 aliphatic heterocycles. The van der Waals surface area contributed by atoms with E-state index in [2.05, 4.69) is 20.9 Å². The Morgan fingerprint density at radius 2 is 1.88 bits per heavy atom. The molecule has 0 radical (unpaired) electrons. The van der Waals surface area contributed by atoms with Gasteiger partial charge in [-0.15, -0.1) is 0 Å². The van der Waals surface area contributed by atoms with Crippen molar-refractivity contribution >= 4 is 17.6 Å². The van der Waals surface area contributed by atoms with Crippen LogP contribution in [0.15, 0.2) is 59.6 Å². The molecule has 0 atom stereocenters. The molecule has 1 amide bonds. The van der Waals surface area contributed by atoms with Crippen LogP contribution in [0.2, 0.25) is 0 Å². The van der Waals surface area contributed by atoms with Gasteiger partial charge in [-0.05, 0) is 36.2 Å². The van der Waals surface area contributed by atoms with Crippen LogP contribution >= 0.6 is 0 Å². The second-order valence-electron chi connectivity index (χ2n) is 5.15. The lowest BCUT2D eigenvalue weighted by atomic mass is 10.1. The number of hydrogen-bond acceptors (Lipinski definition) is 2. The number of para-hydroxylation sites is 1. The highest BCUT2D eigenvalue weighted by atomic mass is 19.1. The normalized spacial score (nSPS) is 11.0. The quantitative estimate of drug-likeness (QED) is 0.562. The van der Waals surface area contributed by atoms with Gasteiger partial charge in [0.15, 0.2) is 5.96 Å². The highest BCUT2D eigenvalue weighted by Gasteiger charge is 2.04. The monoisotopic (exact) mass is 328 g/mol. The molecule has 0 heterocycles. The van der Waals surface area contributed by atoms with Crippen LogP contribution < -0.4 is 16.0 Å². The number of benzene rings is 2. The molecule has 0 fully saturated rings. The summed E-state index contributed by atoms with van der Waals surface area (Å²) in [5, 5.41) is 8.82. The van der Waals surface area contributed by atoms with Gasteiger partial charge in [0.1, 0.15) is 5.82 Å². The molecule has 0 aromatic heterocycles. The summed E-state index contributed by atoms with van der Waals surface area (Å²) < 4.78 is 13.1. The Bertz CT molecular complexity index is 688. The third kappa shape index (κ3) is 6.08. The number of guanidine groups is 1. The van der Waals surface area contributed by atoms with Gasteiger partial charge in [0.25, 0.3) is 0 Å². The summed E-state index contributed by atoms with van der Waals surface area (Å²) in [6, 6.07) is 15.7. The van der Waals surface area contributed by atoms with Crippen molar-refractivity contribution in [2.75, 3.05) is 25.5 Å². The summed E-state index contributed by atoms with van der Waals surface area (Å²) in [6.45, 7) is 0.692. The Morgan fingerprint density at radius 1 is 1.08 bits per heavy atom. The summed E-state index contributed by atoms with van der Waals surface area (Å²) in [4.78, 5) is 15.9. The van der Waals surface area contributed by atoms with Gasteiger partial charge in [0, 0.05) is 19.3 Å². The maximum absolute atomic E-state index is 13.1. The van der Waals surface area contributed by atoms with E-state index in [1.54, 1.807) is 13.1 Å². The van der Waals surface area contributed by atoms with Crippen molar-refractivity contribution in [3.8, 4) is 0 Å². The molecule has 0 bridgehead atoms. The van der Waals surface area contributed by atoms with Gasteiger partial charge < -0.3 is 16.0 Å². The molecule has 2 rings (SSSR count). The zero-order valence-electron chi connectivity index (χ0n) is 13.6. The topological polar surface area (TPSA) is 65.5 Å². The second-order valence-corrected chi connectivity index (χ2v) is 5.15. The molecule has 5 nitrogen and oxygen atoms in total. The zero-order chi connectivity index (χ0) is 17.2. The van der Waals surface area contributed by atoms with Gasteiger partial charge in [-0.3, -0.25) is 9.79 Å². The summed E-state index contributed by atoms with van der Waals surface area (Å²) >= 11 is 0. The number of amides is 1. The van der Waals surface area contributed by atoms with Crippen molar-refractivity contribution in [2.24, 2.45) is 4.99 Å². The van der Waals surface area contributed by atoms with Crippen molar-refractivity contribution in [1.29, 1.82) is 0 Å². The van der Waals surface area contributed by atoms with E-state index in [0.29, 0.717) is 18.9 Å². The molecule has 126 valence electrons. The largest absolute Gasteiger partial charge is 0.356 e. The Hall–Kier alpha value is -2.89. The van der Waals surface area contributed by atoms with Crippen molar-refractivity contribution in [2.45, 2.75) is 6.42 Å². The van der Waals surface area contributed by atoms with E-state index in [0.717, 1.165) is 11.3 Å². The van der Waals surface area contributed by atoms with Gasteiger partial charge in [-0.1, -0.05) is 30.3 Å². The summed E-state index contributed by atoms with van der Waals surface area (Å²) in [5.74, 6) is 0.122. The number of nitrogens with zero attached hydrogens (tertiary/aromatic N) is 1. The molecular weight excluding hydrogens is 307 g/mol. The first-order chi connectivity index (χ1) is 11.7. The lowest BCUT2D eigenvalue weighted by Gasteiger charge is -2.12. The van der Waals surface area contributed by atoms with Gasteiger partial charge in [-0.2, -0.15) is 0 Å². The Kier molecular flexibility index (Phi) is 6.76. The predicted octanol–water partition coefficient (Wildman–Crippen LogP) is 2.17. The Morgan fingerprint density at radius 3 is 2.58 bits per heavy atom. The fourth-order valence-electron chi connectivity index (χ4n) is 2.13. The smallest absolute Gasteiger partial charge is 0.243 e. The van der Waals surface area contributed by atoms with Crippen molar-refractivity contribution in [3.63, 3.8) is 0 Å². The fraction of sp³-hybridized carbons (Fsp3) is 0.222. The van der Waals surface area contributed by atoms with Crippen LogP contribution in [0, 0.1) is 5.82 Å². The number of rotatable bonds is 6. The molecule has 24 heavy (non-hydrogen) atoms. The van der Waals surface area contributed by atoms with Crippen LogP contribution in [0.3, 0.4) is 0 Å². The lowest BCUT2D eigenvalue weighted by molar-refractivity contribution is -0.115. The summed E-state index contributed by atoms with van der Waals surface area (Å²) in [7, 11) is 1.63. The first-order valence-electron chi connectivity index (χ1n) is 7.71. The first-order valence-corrected chi connectivity index (χ1v) is 7.71. The first kappa shape index (κ1) is 17.5. The molecule has 3 N–H and O–H groups in total. The summed E-state index contributed by atoms with van der Waals surface area (Å²) in [6.07, 6.45) is 0.661. The van der Waals surface area contributed by atoms with E-state index >= 15 is 0 Å². The molecule has 0 unspecified atom stereocenters. The summed E-state index contributed by atoms with van der Waals surface area (Å²) in [5.41, 5.74) is 1.65. The van der Waals surface area contributed by atoms with Crippen LogP contribution in [-0.4, -0.2) is 32.0 Å². The third-order valence-electron chi connectivity index (χ3n) is 3.29. The second kappa shape index (κ2) is 9.29. The van der Waals surface area contributed by atoms with E-state index in [4.69, 9.17) is 0 Å². The number of carbonyl (C=O) groups is 1. The van der Waals surface area contributed by atoms with Crippen molar-refractivity contribution in [1.82, 2.24) is 10.6 Å². The van der Waals surface area contributed by atoms with Crippen LogP contribution in [0.5, 0.6) is 0 Å². The maximum atomic E-state index is 13.1. The van der Waals surface area contributed by atoms with Crippen molar-refractivity contribution in [3.05, 3.63) is 66.0 Å². The standard InChI is InChI=1S/C18H21FN4O/c1-20-18(21-11-10-14-6-5-7-15(19)12-14)22-13-17(24)23-16-8-3-2-4-9-16/h2-9,12H,10-11,13H2,1H3,(H,23,24)(H2,20,21,22). The molecule has 2 aromatic carbocycles. The fourth-order valence-corrected chi connectivity index (χ4v) is 2.13. The maximum Gasteiger partial charge on any atom is 0.243 e. The number of aliphatic imine (C=N–C) groups is 1. The molecule has 0 aliphatic rings. The van der Waals surface area contributed by atoms with Crippen molar-refractivity contribution < 1.29 is 9.18 Å². The number of hydrogen-bond donors (Lipinski definition) is 3. The minimum atomic E-state index is -0.243. The van der Waals surface area contributed by atoms with Crippen LogP contribution in [0.4, 0.5) is 10.1 Å². The van der Waals surface area contributed by atoms with E-state index in [-0.39, 0.29) is 18.3 Å². The van der Waals surface area contributed by atoms with E-state index < -0.39 is 0 Å². The number of anilines is 1. The Balaban J connectivity index is 1.71. The number of halogens is 1. The van der Waals surface area contributed by atoms with Gasteiger partial charge >= 0.3 is 0 Å². The predicted molar refractivity (Wildman–Crippen MR) is 94.5 cm³/mol. The molecule has 6 heteroatoms. The highest BCUT2D eigenvalue weighted by Crippen LogP contribution is 2.04. The third-order valence-corrected chi connectivity index (χ3v) is 3.29. The van der Waals surface area contributed by atoms with E-state index in [1.807, 2.05) is 36.4 Å². The average molecular weight is 328 g/mol. The minimum absolute atomic E-state index is 0.106. The molecule has 2 aromatic rings. The zero-order valence-corrected chi connectivity index (χ0v) is 13.6. The number of nitrogens with one attached hydrogen (secondary N) is 3. The van der Waals surface area contributed by atoms with E-state index in [9.17, 15) is 9.18 Å². The molecule has 0 saturated heterocycles. The van der Waals surface area contributed by atoms with Crippen LogP contribution in [0.25, 0.3) is 0 Å².